The Morgan fingerprint density at radius 2 is 2.20 bits per heavy atom. The summed E-state index contributed by atoms with van der Waals surface area (Å²) in [4.78, 5) is 19.6. The summed E-state index contributed by atoms with van der Waals surface area (Å²) in [5.41, 5.74) is 0.825. The van der Waals surface area contributed by atoms with Gasteiger partial charge in [0.1, 0.15) is 0 Å². The van der Waals surface area contributed by atoms with Crippen LogP contribution in [0.2, 0.25) is 0 Å². The molecule has 1 aromatic rings. The molecule has 0 amide bonds. The first kappa shape index (κ1) is 14.6. The first-order valence-electron chi connectivity index (χ1n) is 6.95. The Labute approximate surface area is 118 Å². The predicted octanol–water partition coefficient (Wildman–Crippen LogP) is 2.24. The number of ether oxygens (including phenoxy) is 1. The maximum Gasteiger partial charge on any atom is 0.306 e. The second kappa shape index (κ2) is 6.07. The van der Waals surface area contributed by atoms with E-state index in [1.54, 1.807) is 6.07 Å². The maximum absolute atomic E-state index is 11.0. The molecule has 2 atom stereocenters. The number of nitrogens with zero attached hydrogens (tertiary/aromatic N) is 2. The van der Waals surface area contributed by atoms with Gasteiger partial charge in [-0.3, -0.25) is 4.79 Å². The van der Waals surface area contributed by atoms with Crippen LogP contribution in [-0.2, 0) is 4.79 Å². The smallest absolute Gasteiger partial charge is 0.306 e. The average molecular weight is 279 g/mol. The maximum atomic E-state index is 11.0. The fourth-order valence-corrected chi connectivity index (χ4v) is 2.43. The van der Waals surface area contributed by atoms with Gasteiger partial charge in [-0.2, -0.15) is 4.98 Å². The first-order valence-corrected chi connectivity index (χ1v) is 6.95. The Kier molecular flexibility index (Phi) is 4.42. The lowest BCUT2D eigenvalue weighted by atomic mass is 10.1. The zero-order chi connectivity index (χ0) is 14.7. The van der Waals surface area contributed by atoms with Crippen LogP contribution in [0.25, 0.3) is 0 Å². The van der Waals surface area contributed by atoms with Crippen LogP contribution in [0, 0.1) is 12.8 Å². The molecule has 110 valence electrons. The van der Waals surface area contributed by atoms with Crippen molar-refractivity contribution in [1.29, 1.82) is 0 Å². The zero-order valence-corrected chi connectivity index (χ0v) is 12.1. The van der Waals surface area contributed by atoms with Gasteiger partial charge < -0.3 is 15.2 Å². The van der Waals surface area contributed by atoms with Crippen molar-refractivity contribution in [2.24, 2.45) is 5.92 Å². The molecular weight excluding hydrogens is 258 g/mol. The molecule has 0 spiro atoms. The third-order valence-electron chi connectivity index (χ3n) is 3.30. The number of aliphatic carboxylic acids is 1. The largest absolute Gasteiger partial charge is 0.481 e. The number of aromatic nitrogens is 2. The fourth-order valence-electron chi connectivity index (χ4n) is 2.43. The molecular formula is C14H21N3O3. The van der Waals surface area contributed by atoms with Crippen molar-refractivity contribution in [2.75, 3.05) is 5.32 Å². The van der Waals surface area contributed by atoms with Crippen molar-refractivity contribution in [1.82, 2.24) is 9.97 Å². The van der Waals surface area contributed by atoms with Gasteiger partial charge in [-0.05, 0) is 40.0 Å². The molecule has 1 saturated carbocycles. The summed E-state index contributed by atoms with van der Waals surface area (Å²) >= 11 is 0. The summed E-state index contributed by atoms with van der Waals surface area (Å²) in [6, 6.07) is 1.91. The Hall–Kier alpha value is -1.85. The number of rotatable bonds is 5. The van der Waals surface area contributed by atoms with Gasteiger partial charge in [-0.25, -0.2) is 4.98 Å². The first-order chi connectivity index (χ1) is 9.44. The minimum absolute atomic E-state index is 0.0556. The molecule has 0 aromatic carbocycles. The van der Waals surface area contributed by atoms with E-state index in [1.165, 1.54) is 0 Å². The highest BCUT2D eigenvalue weighted by Gasteiger charge is 2.30. The third-order valence-corrected chi connectivity index (χ3v) is 3.30. The van der Waals surface area contributed by atoms with Gasteiger partial charge in [-0.15, -0.1) is 0 Å². The van der Waals surface area contributed by atoms with Crippen molar-refractivity contribution < 1.29 is 14.6 Å². The van der Waals surface area contributed by atoms with E-state index >= 15 is 0 Å². The summed E-state index contributed by atoms with van der Waals surface area (Å²) in [7, 11) is 0. The van der Waals surface area contributed by atoms with E-state index in [4.69, 9.17) is 9.84 Å². The number of hydrogen-bond donors (Lipinski definition) is 2. The van der Waals surface area contributed by atoms with E-state index in [1.807, 2.05) is 20.8 Å². The number of anilines is 1. The summed E-state index contributed by atoms with van der Waals surface area (Å²) in [5.74, 6) is 0.0754. The Balaban J connectivity index is 2.02. The average Bonchev–Trinajstić information content (AvgIpc) is 2.75. The van der Waals surface area contributed by atoms with Crippen molar-refractivity contribution >= 4 is 11.9 Å². The number of nitrogens with one attached hydrogen (secondary N) is 1. The quantitative estimate of drug-likeness (QED) is 0.860. The number of hydrogen-bond acceptors (Lipinski definition) is 5. The SMILES string of the molecule is Cc1cc(OC(C)C)nc(NC2CCC(C(=O)O)C2)n1. The topological polar surface area (TPSA) is 84.3 Å². The van der Waals surface area contributed by atoms with Gasteiger partial charge in [0.05, 0.1) is 12.0 Å². The monoisotopic (exact) mass is 279 g/mol. The molecule has 0 saturated heterocycles. The molecule has 1 fully saturated rings. The molecule has 1 aliphatic rings. The third kappa shape index (κ3) is 3.82. The highest BCUT2D eigenvalue weighted by molar-refractivity contribution is 5.70. The van der Waals surface area contributed by atoms with Crippen LogP contribution < -0.4 is 10.1 Å². The lowest BCUT2D eigenvalue weighted by Crippen LogP contribution is -2.20. The second-order valence-electron chi connectivity index (χ2n) is 5.53. The molecule has 2 rings (SSSR count). The number of carboxylic acid groups (broad SMARTS) is 1. The van der Waals surface area contributed by atoms with Gasteiger partial charge in [0.15, 0.2) is 0 Å². The van der Waals surface area contributed by atoms with E-state index < -0.39 is 5.97 Å². The Bertz CT molecular complexity index is 491. The highest BCUT2D eigenvalue weighted by Crippen LogP contribution is 2.28. The van der Waals surface area contributed by atoms with E-state index in [0.29, 0.717) is 24.7 Å². The Morgan fingerprint density at radius 1 is 1.45 bits per heavy atom. The minimum atomic E-state index is -0.719. The van der Waals surface area contributed by atoms with Crippen LogP contribution in [0.4, 0.5) is 5.95 Å². The van der Waals surface area contributed by atoms with E-state index in [-0.39, 0.29) is 18.1 Å². The van der Waals surface area contributed by atoms with Gasteiger partial charge in [0.25, 0.3) is 0 Å². The summed E-state index contributed by atoms with van der Waals surface area (Å²) < 4.78 is 5.57. The molecule has 0 radical (unpaired) electrons. The molecule has 6 heteroatoms. The molecule has 1 aromatic heterocycles. The molecule has 0 bridgehead atoms. The summed E-state index contributed by atoms with van der Waals surface area (Å²) in [5, 5.41) is 12.2. The number of carbonyl (C=O) groups is 1. The van der Waals surface area contributed by atoms with E-state index in [9.17, 15) is 4.79 Å². The van der Waals surface area contributed by atoms with Crippen LogP contribution >= 0.6 is 0 Å². The van der Waals surface area contributed by atoms with Gasteiger partial charge in [0, 0.05) is 17.8 Å². The molecule has 20 heavy (non-hydrogen) atoms. The van der Waals surface area contributed by atoms with Crippen molar-refractivity contribution in [3.63, 3.8) is 0 Å². The zero-order valence-electron chi connectivity index (χ0n) is 12.1. The van der Waals surface area contributed by atoms with Crippen molar-refractivity contribution in [3.8, 4) is 5.88 Å². The molecule has 1 aliphatic carbocycles. The molecule has 6 nitrogen and oxygen atoms in total. The van der Waals surface area contributed by atoms with Gasteiger partial charge in [-0.1, -0.05) is 0 Å². The number of aryl methyl sites for hydroxylation is 1. The Morgan fingerprint density at radius 3 is 2.80 bits per heavy atom. The fraction of sp³-hybridized carbons (Fsp3) is 0.643. The van der Waals surface area contributed by atoms with E-state index in [0.717, 1.165) is 12.1 Å². The lowest BCUT2D eigenvalue weighted by Gasteiger charge is -2.15. The molecule has 1 heterocycles. The van der Waals surface area contributed by atoms with Crippen LogP contribution in [-0.4, -0.2) is 33.2 Å². The number of carboxylic acids is 1. The van der Waals surface area contributed by atoms with Crippen molar-refractivity contribution in [3.05, 3.63) is 11.8 Å². The van der Waals surface area contributed by atoms with Crippen molar-refractivity contribution in [2.45, 2.75) is 52.2 Å². The second-order valence-corrected chi connectivity index (χ2v) is 5.53. The lowest BCUT2D eigenvalue weighted by molar-refractivity contribution is -0.141. The minimum Gasteiger partial charge on any atom is -0.481 e. The molecule has 0 aliphatic heterocycles. The highest BCUT2D eigenvalue weighted by atomic mass is 16.5. The standard InChI is InChI=1S/C14H21N3O3/c1-8(2)20-12-6-9(3)15-14(17-12)16-11-5-4-10(7-11)13(18)19/h6,8,10-11H,4-5,7H2,1-3H3,(H,18,19)(H,15,16,17). The molecule has 2 N–H and O–H groups in total. The van der Waals surface area contributed by atoms with Crippen LogP contribution in [0.15, 0.2) is 6.07 Å². The van der Waals surface area contributed by atoms with Gasteiger partial charge >= 0.3 is 5.97 Å². The van der Waals surface area contributed by atoms with Crippen LogP contribution in [0.1, 0.15) is 38.8 Å². The predicted molar refractivity (Wildman–Crippen MR) is 74.9 cm³/mol. The summed E-state index contributed by atoms with van der Waals surface area (Å²) in [6.45, 7) is 5.77. The molecule has 2 unspecified atom stereocenters. The normalized spacial score (nSPS) is 22.0. The van der Waals surface area contributed by atoms with Crippen LogP contribution in [0.5, 0.6) is 5.88 Å². The van der Waals surface area contributed by atoms with Crippen LogP contribution in [0.3, 0.4) is 0 Å². The van der Waals surface area contributed by atoms with Gasteiger partial charge in [0.2, 0.25) is 11.8 Å². The van der Waals surface area contributed by atoms with E-state index in [2.05, 4.69) is 15.3 Å². The summed E-state index contributed by atoms with van der Waals surface area (Å²) in [6.07, 6.45) is 2.20.